The summed E-state index contributed by atoms with van der Waals surface area (Å²) in [5.74, 6) is 3.78. The number of hydrogen-bond acceptors (Lipinski definition) is 4. The SMILES string of the molecule is c1cc2c(c(-c3n[nH]c(C4CCCC4)n3)c1)OCCO2. The van der Waals surface area contributed by atoms with Gasteiger partial charge in [0.15, 0.2) is 17.3 Å². The molecule has 1 fully saturated rings. The maximum atomic E-state index is 5.72. The van der Waals surface area contributed by atoms with Crippen LogP contribution in [-0.4, -0.2) is 28.4 Å². The van der Waals surface area contributed by atoms with Crippen molar-refractivity contribution in [3.05, 3.63) is 24.0 Å². The Morgan fingerprint density at radius 3 is 2.85 bits per heavy atom. The van der Waals surface area contributed by atoms with E-state index in [0.29, 0.717) is 25.0 Å². The number of para-hydroxylation sites is 1. The van der Waals surface area contributed by atoms with E-state index in [-0.39, 0.29) is 0 Å². The van der Waals surface area contributed by atoms with Gasteiger partial charge in [0.05, 0.1) is 5.56 Å². The monoisotopic (exact) mass is 271 g/mol. The molecule has 0 saturated heterocycles. The maximum absolute atomic E-state index is 5.72. The van der Waals surface area contributed by atoms with E-state index in [1.807, 2.05) is 18.2 Å². The van der Waals surface area contributed by atoms with E-state index < -0.39 is 0 Å². The molecular formula is C15H17N3O2. The summed E-state index contributed by atoms with van der Waals surface area (Å²) in [5.41, 5.74) is 0.905. The highest BCUT2D eigenvalue weighted by atomic mass is 16.6. The van der Waals surface area contributed by atoms with Gasteiger partial charge in [-0.05, 0) is 25.0 Å². The Labute approximate surface area is 117 Å². The fourth-order valence-electron chi connectivity index (χ4n) is 3.03. The second-order valence-corrected chi connectivity index (χ2v) is 5.36. The van der Waals surface area contributed by atoms with Crippen LogP contribution >= 0.6 is 0 Å². The molecule has 0 spiro atoms. The van der Waals surface area contributed by atoms with Crippen molar-refractivity contribution < 1.29 is 9.47 Å². The first-order valence-electron chi connectivity index (χ1n) is 7.23. The van der Waals surface area contributed by atoms with Gasteiger partial charge in [0.2, 0.25) is 0 Å². The van der Waals surface area contributed by atoms with E-state index in [4.69, 9.17) is 9.47 Å². The largest absolute Gasteiger partial charge is 0.486 e. The van der Waals surface area contributed by atoms with Gasteiger partial charge in [-0.25, -0.2) is 4.98 Å². The zero-order chi connectivity index (χ0) is 13.4. The third-order valence-corrected chi connectivity index (χ3v) is 4.05. The predicted molar refractivity (Wildman–Crippen MR) is 74.0 cm³/mol. The summed E-state index contributed by atoms with van der Waals surface area (Å²) >= 11 is 0. The smallest absolute Gasteiger partial charge is 0.185 e. The lowest BCUT2D eigenvalue weighted by atomic mass is 10.1. The molecule has 1 aliphatic carbocycles. The molecule has 2 aliphatic rings. The van der Waals surface area contributed by atoms with Crippen LogP contribution in [0.2, 0.25) is 0 Å². The lowest BCUT2D eigenvalue weighted by Crippen LogP contribution is -2.15. The van der Waals surface area contributed by atoms with Crippen molar-refractivity contribution in [1.82, 2.24) is 15.2 Å². The van der Waals surface area contributed by atoms with E-state index in [1.165, 1.54) is 25.7 Å². The highest BCUT2D eigenvalue weighted by molar-refractivity contribution is 5.68. The van der Waals surface area contributed by atoms with Crippen molar-refractivity contribution in [2.24, 2.45) is 0 Å². The molecule has 1 N–H and O–H groups in total. The molecule has 0 bridgehead atoms. The summed E-state index contributed by atoms with van der Waals surface area (Å²) < 4.78 is 11.3. The van der Waals surface area contributed by atoms with Gasteiger partial charge in [-0.3, -0.25) is 5.10 Å². The van der Waals surface area contributed by atoms with Gasteiger partial charge in [0.1, 0.15) is 19.0 Å². The molecule has 5 heteroatoms. The van der Waals surface area contributed by atoms with Gasteiger partial charge in [-0.1, -0.05) is 18.9 Å². The van der Waals surface area contributed by atoms with Crippen LogP contribution in [0, 0.1) is 0 Å². The normalized spacial score (nSPS) is 18.4. The van der Waals surface area contributed by atoms with Gasteiger partial charge in [0.25, 0.3) is 0 Å². The highest BCUT2D eigenvalue weighted by Crippen LogP contribution is 2.39. The molecular weight excluding hydrogens is 254 g/mol. The van der Waals surface area contributed by atoms with Crippen LogP contribution in [0.4, 0.5) is 0 Å². The fourth-order valence-corrected chi connectivity index (χ4v) is 3.03. The highest BCUT2D eigenvalue weighted by Gasteiger charge is 2.23. The Balaban J connectivity index is 1.70. The minimum Gasteiger partial charge on any atom is -0.486 e. The van der Waals surface area contributed by atoms with Crippen LogP contribution in [-0.2, 0) is 0 Å². The zero-order valence-corrected chi connectivity index (χ0v) is 11.3. The maximum Gasteiger partial charge on any atom is 0.185 e. The number of ether oxygens (including phenoxy) is 2. The number of H-pyrrole nitrogens is 1. The van der Waals surface area contributed by atoms with Crippen LogP contribution < -0.4 is 9.47 Å². The number of rotatable bonds is 2. The number of fused-ring (bicyclic) bond motifs is 1. The molecule has 1 aromatic heterocycles. The quantitative estimate of drug-likeness (QED) is 0.912. The Kier molecular flexibility index (Phi) is 2.83. The molecule has 1 aromatic carbocycles. The first-order chi connectivity index (χ1) is 9.92. The van der Waals surface area contributed by atoms with E-state index >= 15 is 0 Å². The summed E-state index contributed by atoms with van der Waals surface area (Å²) in [5, 5.41) is 7.46. The topological polar surface area (TPSA) is 60.0 Å². The minimum absolute atomic E-state index is 0.535. The van der Waals surface area contributed by atoms with Gasteiger partial charge in [-0.15, -0.1) is 0 Å². The molecule has 0 unspecified atom stereocenters. The van der Waals surface area contributed by atoms with Crippen molar-refractivity contribution in [2.45, 2.75) is 31.6 Å². The molecule has 2 heterocycles. The van der Waals surface area contributed by atoms with Gasteiger partial charge < -0.3 is 9.47 Å². The zero-order valence-electron chi connectivity index (χ0n) is 11.3. The summed E-state index contributed by atoms with van der Waals surface area (Å²) in [6.45, 7) is 1.17. The number of aromatic amines is 1. The van der Waals surface area contributed by atoms with Crippen molar-refractivity contribution in [2.75, 3.05) is 13.2 Å². The van der Waals surface area contributed by atoms with E-state index in [0.717, 1.165) is 22.9 Å². The van der Waals surface area contributed by atoms with Crippen molar-refractivity contribution in [1.29, 1.82) is 0 Å². The summed E-state index contributed by atoms with van der Waals surface area (Å²) in [6, 6.07) is 5.85. The fraction of sp³-hybridized carbons (Fsp3) is 0.467. The molecule has 0 radical (unpaired) electrons. The average molecular weight is 271 g/mol. The third kappa shape index (κ3) is 1.94. The first kappa shape index (κ1) is 11.8. The van der Waals surface area contributed by atoms with E-state index in [9.17, 15) is 0 Å². The number of hydrogen-bond donors (Lipinski definition) is 1. The lowest BCUT2D eigenvalue weighted by Gasteiger charge is -2.19. The number of aromatic nitrogens is 3. The third-order valence-electron chi connectivity index (χ3n) is 4.05. The minimum atomic E-state index is 0.535. The number of nitrogens with one attached hydrogen (secondary N) is 1. The summed E-state index contributed by atoms with van der Waals surface area (Å²) in [4.78, 5) is 4.67. The Morgan fingerprint density at radius 1 is 1.10 bits per heavy atom. The molecule has 1 saturated carbocycles. The lowest BCUT2D eigenvalue weighted by molar-refractivity contribution is 0.172. The Bertz CT molecular complexity index is 617. The van der Waals surface area contributed by atoms with Crippen molar-refractivity contribution in [3.63, 3.8) is 0 Å². The van der Waals surface area contributed by atoms with Crippen LogP contribution in [0.25, 0.3) is 11.4 Å². The molecule has 0 atom stereocenters. The predicted octanol–water partition coefficient (Wildman–Crippen LogP) is 2.90. The molecule has 20 heavy (non-hydrogen) atoms. The van der Waals surface area contributed by atoms with Gasteiger partial charge in [-0.2, -0.15) is 5.10 Å². The molecule has 2 aromatic rings. The van der Waals surface area contributed by atoms with E-state index in [1.54, 1.807) is 0 Å². The van der Waals surface area contributed by atoms with Crippen molar-refractivity contribution in [3.8, 4) is 22.9 Å². The Hall–Kier alpha value is -2.04. The van der Waals surface area contributed by atoms with Crippen LogP contribution in [0.15, 0.2) is 18.2 Å². The second-order valence-electron chi connectivity index (χ2n) is 5.36. The second kappa shape index (κ2) is 4.81. The molecule has 104 valence electrons. The Morgan fingerprint density at radius 2 is 1.95 bits per heavy atom. The first-order valence-corrected chi connectivity index (χ1v) is 7.23. The van der Waals surface area contributed by atoms with Crippen LogP contribution in [0.1, 0.15) is 37.4 Å². The number of benzene rings is 1. The van der Waals surface area contributed by atoms with Gasteiger partial charge in [0, 0.05) is 5.92 Å². The standard InChI is InChI=1S/C15H17N3O2/c1-2-5-10(4-1)14-16-15(18-17-14)11-6-3-7-12-13(11)20-9-8-19-12/h3,6-7,10H,1-2,4-5,8-9H2,(H,16,17,18). The molecule has 5 nitrogen and oxygen atoms in total. The molecule has 0 amide bonds. The van der Waals surface area contributed by atoms with Crippen LogP contribution in [0.5, 0.6) is 11.5 Å². The summed E-state index contributed by atoms with van der Waals surface area (Å²) in [6.07, 6.45) is 5.00. The summed E-state index contributed by atoms with van der Waals surface area (Å²) in [7, 11) is 0. The van der Waals surface area contributed by atoms with Gasteiger partial charge >= 0.3 is 0 Å². The molecule has 4 rings (SSSR count). The van der Waals surface area contributed by atoms with Crippen LogP contribution in [0.3, 0.4) is 0 Å². The van der Waals surface area contributed by atoms with Crippen molar-refractivity contribution >= 4 is 0 Å². The average Bonchev–Trinajstić information content (AvgIpc) is 3.17. The molecule has 1 aliphatic heterocycles. The van der Waals surface area contributed by atoms with E-state index in [2.05, 4.69) is 15.2 Å². The number of nitrogens with zero attached hydrogens (tertiary/aromatic N) is 2.